The first-order chi connectivity index (χ1) is 8.46. The Hall–Kier alpha value is -1.88. The van der Waals surface area contributed by atoms with E-state index in [1.54, 1.807) is 6.07 Å². The predicted octanol–water partition coefficient (Wildman–Crippen LogP) is 2.63. The Bertz CT molecular complexity index is 529. The first kappa shape index (κ1) is 12.6. The van der Waals surface area contributed by atoms with Crippen LogP contribution in [0.1, 0.15) is 26.7 Å². The van der Waals surface area contributed by atoms with Crippen molar-refractivity contribution >= 4 is 5.69 Å². The van der Waals surface area contributed by atoms with Crippen LogP contribution < -0.4 is 5.73 Å². The minimum Gasteiger partial charge on any atom is -0.398 e. The zero-order chi connectivity index (χ0) is 13.2. The minimum atomic E-state index is -0.236. The minimum absolute atomic E-state index is 0.236. The van der Waals surface area contributed by atoms with Gasteiger partial charge in [-0.1, -0.05) is 17.3 Å². The van der Waals surface area contributed by atoms with Gasteiger partial charge in [-0.2, -0.15) is 4.98 Å². The lowest BCUT2D eigenvalue weighted by atomic mass is 10.2. The van der Waals surface area contributed by atoms with Crippen LogP contribution in [0, 0.1) is 0 Å². The van der Waals surface area contributed by atoms with Gasteiger partial charge in [0.05, 0.1) is 5.60 Å². The van der Waals surface area contributed by atoms with E-state index in [0.29, 0.717) is 24.0 Å². The summed E-state index contributed by atoms with van der Waals surface area (Å²) in [6.07, 6.45) is 0. The summed E-state index contributed by atoms with van der Waals surface area (Å²) in [4.78, 5) is 4.26. The second-order valence-electron chi connectivity index (χ2n) is 5.00. The largest absolute Gasteiger partial charge is 0.398 e. The number of nitrogens with two attached hydrogens (primary N) is 1. The number of aromatic nitrogens is 2. The highest BCUT2D eigenvalue weighted by Gasteiger charge is 2.15. The van der Waals surface area contributed by atoms with Crippen molar-refractivity contribution in [2.75, 3.05) is 5.73 Å². The van der Waals surface area contributed by atoms with Crippen molar-refractivity contribution in [3.8, 4) is 11.4 Å². The standard InChI is InChI=1S/C13H17N3O2/c1-13(2,3)17-8-11-15-12(16-18-11)9-6-4-5-7-10(9)14/h4-7H,8,14H2,1-3H3. The lowest BCUT2D eigenvalue weighted by Gasteiger charge is -2.17. The molecule has 0 saturated carbocycles. The van der Waals surface area contributed by atoms with Gasteiger partial charge in [0.15, 0.2) is 0 Å². The van der Waals surface area contributed by atoms with E-state index in [4.69, 9.17) is 15.0 Å². The highest BCUT2D eigenvalue weighted by molar-refractivity contribution is 5.70. The summed E-state index contributed by atoms with van der Waals surface area (Å²) in [7, 11) is 0. The van der Waals surface area contributed by atoms with Crippen molar-refractivity contribution in [1.82, 2.24) is 10.1 Å². The summed E-state index contributed by atoms with van der Waals surface area (Å²) in [5.74, 6) is 0.934. The molecule has 5 nitrogen and oxygen atoms in total. The third-order valence-corrected chi connectivity index (χ3v) is 2.30. The molecule has 0 unspecified atom stereocenters. The highest BCUT2D eigenvalue weighted by atomic mass is 16.5. The molecule has 0 radical (unpaired) electrons. The first-order valence-electron chi connectivity index (χ1n) is 5.77. The molecule has 2 aromatic rings. The first-order valence-corrected chi connectivity index (χ1v) is 5.77. The smallest absolute Gasteiger partial charge is 0.252 e. The van der Waals surface area contributed by atoms with E-state index >= 15 is 0 Å². The topological polar surface area (TPSA) is 74.2 Å². The van der Waals surface area contributed by atoms with Gasteiger partial charge >= 0.3 is 0 Å². The molecular formula is C13H17N3O2. The van der Waals surface area contributed by atoms with Crippen LogP contribution in [0.4, 0.5) is 5.69 Å². The number of nitrogens with zero attached hydrogens (tertiary/aromatic N) is 2. The lowest BCUT2D eigenvalue weighted by molar-refractivity contribution is -0.0260. The summed E-state index contributed by atoms with van der Waals surface area (Å²) in [6.45, 7) is 6.21. The third-order valence-electron chi connectivity index (χ3n) is 2.30. The molecule has 0 aliphatic carbocycles. The molecule has 1 aromatic heterocycles. The maximum atomic E-state index is 5.85. The second-order valence-corrected chi connectivity index (χ2v) is 5.00. The van der Waals surface area contributed by atoms with Gasteiger partial charge in [-0.3, -0.25) is 0 Å². The van der Waals surface area contributed by atoms with Crippen LogP contribution in [0.25, 0.3) is 11.4 Å². The van der Waals surface area contributed by atoms with E-state index < -0.39 is 0 Å². The lowest BCUT2D eigenvalue weighted by Crippen LogP contribution is -2.18. The molecule has 2 rings (SSSR count). The molecule has 0 spiro atoms. The molecule has 0 aliphatic rings. The van der Waals surface area contributed by atoms with Gasteiger partial charge < -0.3 is 15.0 Å². The molecule has 1 heterocycles. The van der Waals surface area contributed by atoms with Crippen LogP contribution in [-0.2, 0) is 11.3 Å². The number of anilines is 1. The zero-order valence-corrected chi connectivity index (χ0v) is 10.8. The number of ether oxygens (including phenoxy) is 1. The molecule has 2 N–H and O–H groups in total. The molecular weight excluding hydrogens is 230 g/mol. The van der Waals surface area contributed by atoms with Gasteiger partial charge in [0.2, 0.25) is 5.82 Å². The van der Waals surface area contributed by atoms with Crippen LogP contribution in [0.2, 0.25) is 0 Å². The van der Waals surface area contributed by atoms with Crippen molar-refractivity contribution in [1.29, 1.82) is 0 Å². The Balaban J connectivity index is 2.14. The number of rotatable bonds is 3. The summed E-state index contributed by atoms with van der Waals surface area (Å²) in [5, 5.41) is 3.90. The van der Waals surface area contributed by atoms with E-state index in [1.165, 1.54) is 0 Å². The molecule has 0 saturated heterocycles. The van der Waals surface area contributed by atoms with Crippen LogP contribution in [0.15, 0.2) is 28.8 Å². The van der Waals surface area contributed by atoms with E-state index in [-0.39, 0.29) is 5.60 Å². The molecule has 0 fully saturated rings. The molecule has 0 aliphatic heterocycles. The Morgan fingerprint density at radius 3 is 2.67 bits per heavy atom. The average molecular weight is 247 g/mol. The third kappa shape index (κ3) is 3.07. The number of nitrogen functional groups attached to an aromatic ring is 1. The maximum absolute atomic E-state index is 5.85. The van der Waals surface area contributed by atoms with Gasteiger partial charge in [-0.25, -0.2) is 0 Å². The highest BCUT2D eigenvalue weighted by Crippen LogP contribution is 2.22. The van der Waals surface area contributed by atoms with E-state index in [2.05, 4.69) is 10.1 Å². The van der Waals surface area contributed by atoms with Gasteiger partial charge in [0, 0.05) is 11.3 Å². The summed E-state index contributed by atoms with van der Waals surface area (Å²) < 4.78 is 10.7. The van der Waals surface area contributed by atoms with Crippen LogP contribution in [0.5, 0.6) is 0 Å². The Morgan fingerprint density at radius 2 is 2.00 bits per heavy atom. The molecule has 0 bridgehead atoms. The van der Waals surface area contributed by atoms with Gasteiger partial charge in [-0.15, -0.1) is 0 Å². The average Bonchev–Trinajstić information content (AvgIpc) is 2.75. The second kappa shape index (κ2) is 4.78. The molecule has 0 atom stereocenters. The Labute approximate surface area is 106 Å². The van der Waals surface area contributed by atoms with Gasteiger partial charge in [-0.05, 0) is 32.9 Å². The van der Waals surface area contributed by atoms with Crippen molar-refractivity contribution in [2.45, 2.75) is 33.0 Å². The van der Waals surface area contributed by atoms with Gasteiger partial charge in [0.25, 0.3) is 5.89 Å². The van der Waals surface area contributed by atoms with E-state index in [0.717, 1.165) is 5.56 Å². The molecule has 18 heavy (non-hydrogen) atoms. The van der Waals surface area contributed by atoms with Crippen molar-refractivity contribution in [2.24, 2.45) is 0 Å². The van der Waals surface area contributed by atoms with Gasteiger partial charge in [0.1, 0.15) is 6.61 Å². The normalized spacial score (nSPS) is 11.7. The Kier molecular flexibility index (Phi) is 3.34. The molecule has 0 amide bonds. The SMILES string of the molecule is CC(C)(C)OCc1nc(-c2ccccc2N)no1. The zero-order valence-electron chi connectivity index (χ0n) is 10.8. The maximum Gasteiger partial charge on any atom is 0.252 e. The molecule has 1 aromatic carbocycles. The number of hydrogen-bond acceptors (Lipinski definition) is 5. The van der Waals surface area contributed by atoms with E-state index in [9.17, 15) is 0 Å². The molecule has 5 heteroatoms. The van der Waals surface area contributed by atoms with Crippen LogP contribution in [-0.4, -0.2) is 15.7 Å². The number of benzene rings is 1. The number of hydrogen-bond donors (Lipinski definition) is 1. The van der Waals surface area contributed by atoms with Crippen LogP contribution >= 0.6 is 0 Å². The number of para-hydroxylation sites is 1. The summed E-state index contributed by atoms with van der Waals surface area (Å²) in [5.41, 5.74) is 7.01. The summed E-state index contributed by atoms with van der Waals surface area (Å²) >= 11 is 0. The Morgan fingerprint density at radius 1 is 1.28 bits per heavy atom. The molecule has 96 valence electrons. The monoisotopic (exact) mass is 247 g/mol. The quantitative estimate of drug-likeness (QED) is 0.844. The fraction of sp³-hybridized carbons (Fsp3) is 0.385. The van der Waals surface area contributed by atoms with E-state index in [1.807, 2.05) is 39.0 Å². The fourth-order valence-electron chi connectivity index (χ4n) is 1.40. The van der Waals surface area contributed by atoms with Crippen molar-refractivity contribution in [3.05, 3.63) is 30.2 Å². The van der Waals surface area contributed by atoms with Crippen molar-refractivity contribution in [3.63, 3.8) is 0 Å². The fourth-order valence-corrected chi connectivity index (χ4v) is 1.40. The van der Waals surface area contributed by atoms with Crippen molar-refractivity contribution < 1.29 is 9.26 Å². The summed E-state index contributed by atoms with van der Waals surface area (Å²) in [6, 6.07) is 7.40. The predicted molar refractivity (Wildman–Crippen MR) is 68.7 cm³/mol. The van der Waals surface area contributed by atoms with Crippen LogP contribution in [0.3, 0.4) is 0 Å².